The Morgan fingerprint density at radius 2 is 1.47 bits per heavy atom. The van der Waals surface area contributed by atoms with E-state index in [0.29, 0.717) is 34.4 Å². The van der Waals surface area contributed by atoms with E-state index < -0.39 is 0 Å². The number of piperazine rings is 1. The molecular weight excluding hydrogens is 444 g/mol. The van der Waals surface area contributed by atoms with Crippen molar-refractivity contribution in [2.45, 2.75) is 0 Å². The Balaban J connectivity index is 1.47. The second-order valence-electron chi connectivity index (χ2n) is 6.96. The van der Waals surface area contributed by atoms with Gasteiger partial charge < -0.3 is 15.1 Å². The highest BCUT2D eigenvalue weighted by molar-refractivity contribution is 9.10. The van der Waals surface area contributed by atoms with Gasteiger partial charge in [-0.05, 0) is 52.3 Å². The number of pyridine rings is 1. The lowest BCUT2D eigenvalue weighted by atomic mass is 10.1. The van der Waals surface area contributed by atoms with Crippen LogP contribution >= 0.6 is 15.9 Å². The zero-order valence-electron chi connectivity index (χ0n) is 16.3. The van der Waals surface area contributed by atoms with Crippen molar-refractivity contribution >= 4 is 39.1 Å². The van der Waals surface area contributed by atoms with Crippen LogP contribution in [-0.2, 0) is 0 Å². The first-order chi connectivity index (χ1) is 14.6. The molecule has 2 aromatic carbocycles. The predicted octanol–water partition coefficient (Wildman–Crippen LogP) is 4.06. The average molecular weight is 465 g/mol. The molecule has 1 saturated heterocycles. The molecule has 30 heavy (non-hydrogen) atoms. The molecular formula is C23H21BrN4O2. The minimum Gasteiger partial charge on any atom is -0.368 e. The third-order valence-electron chi connectivity index (χ3n) is 5.12. The highest BCUT2D eigenvalue weighted by Crippen LogP contribution is 2.22. The number of hydrogen-bond acceptors (Lipinski definition) is 4. The quantitative estimate of drug-likeness (QED) is 0.632. The van der Waals surface area contributed by atoms with Gasteiger partial charge in [-0.25, -0.2) is 0 Å². The Kier molecular flexibility index (Phi) is 6.09. The molecule has 0 bridgehead atoms. The molecule has 6 nitrogen and oxygen atoms in total. The molecule has 0 atom stereocenters. The Hall–Kier alpha value is -3.19. The molecule has 152 valence electrons. The van der Waals surface area contributed by atoms with Gasteiger partial charge in [-0.3, -0.25) is 14.6 Å². The summed E-state index contributed by atoms with van der Waals surface area (Å²) in [6.07, 6.45) is 3.55. The van der Waals surface area contributed by atoms with Crippen molar-refractivity contribution in [2.75, 3.05) is 36.4 Å². The van der Waals surface area contributed by atoms with Crippen LogP contribution in [0.4, 0.5) is 11.4 Å². The molecule has 2 heterocycles. The van der Waals surface area contributed by atoms with Gasteiger partial charge in [0.1, 0.15) is 0 Å². The van der Waals surface area contributed by atoms with Crippen molar-refractivity contribution < 1.29 is 9.59 Å². The van der Waals surface area contributed by atoms with E-state index in [2.05, 4.69) is 31.1 Å². The third-order valence-corrected chi connectivity index (χ3v) is 5.81. The number of nitrogens with zero attached hydrogens (tertiary/aromatic N) is 3. The van der Waals surface area contributed by atoms with E-state index in [1.165, 1.54) is 0 Å². The topological polar surface area (TPSA) is 65.5 Å². The molecule has 1 aromatic heterocycles. The molecule has 3 aromatic rings. The van der Waals surface area contributed by atoms with Gasteiger partial charge in [-0.1, -0.05) is 24.3 Å². The van der Waals surface area contributed by atoms with Gasteiger partial charge in [-0.2, -0.15) is 0 Å². The maximum Gasteiger partial charge on any atom is 0.256 e. The van der Waals surface area contributed by atoms with E-state index >= 15 is 0 Å². The highest BCUT2D eigenvalue weighted by Gasteiger charge is 2.24. The number of anilines is 2. The van der Waals surface area contributed by atoms with E-state index in [0.717, 1.165) is 18.8 Å². The first-order valence-electron chi connectivity index (χ1n) is 9.72. The molecule has 0 aliphatic carbocycles. The minimum atomic E-state index is -0.259. The van der Waals surface area contributed by atoms with Crippen LogP contribution in [0.3, 0.4) is 0 Å². The van der Waals surface area contributed by atoms with E-state index in [1.54, 1.807) is 36.7 Å². The standard InChI is InChI=1S/C23H21BrN4O2/c24-20-7-3-1-5-18(20)22(29)26-21-8-4-2-6-19(21)23(30)28-15-13-27(14-16-28)17-9-11-25-12-10-17/h1-12H,13-16H2,(H,26,29). The molecule has 1 aliphatic heterocycles. The molecule has 7 heteroatoms. The van der Waals surface area contributed by atoms with Crippen LogP contribution in [0.25, 0.3) is 0 Å². The number of rotatable bonds is 4. The summed E-state index contributed by atoms with van der Waals surface area (Å²) in [5.74, 6) is -0.336. The second-order valence-corrected chi connectivity index (χ2v) is 7.82. The summed E-state index contributed by atoms with van der Waals surface area (Å²) in [5, 5.41) is 2.89. The summed E-state index contributed by atoms with van der Waals surface area (Å²) < 4.78 is 0.707. The van der Waals surface area contributed by atoms with Crippen LogP contribution in [-0.4, -0.2) is 47.9 Å². The van der Waals surface area contributed by atoms with Crippen molar-refractivity contribution in [2.24, 2.45) is 0 Å². The largest absolute Gasteiger partial charge is 0.368 e. The lowest BCUT2D eigenvalue weighted by Crippen LogP contribution is -2.49. The Morgan fingerprint density at radius 3 is 2.17 bits per heavy atom. The lowest BCUT2D eigenvalue weighted by molar-refractivity contribution is 0.0748. The van der Waals surface area contributed by atoms with Crippen molar-refractivity contribution in [3.05, 3.63) is 88.7 Å². The molecule has 1 fully saturated rings. The number of carbonyl (C=O) groups is 2. The van der Waals surface area contributed by atoms with E-state index in [-0.39, 0.29) is 11.8 Å². The second kappa shape index (κ2) is 9.09. The van der Waals surface area contributed by atoms with Crippen LogP contribution < -0.4 is 10.2 Å². The summed E-state index contributed by atoms with van der Waals surface area (Å²) in [6.45, 7) is 2.74. The van der Waals surface area contributed by atoms with Crippen LogP contribution in [0.15, 0.2) is 77.5 Å². The first kappa shape index (κ1) is 20.1. The zero-order chi connectivity index (χ0) is 20.9. The number of nitrogens with one attached hydrogen (secondary N) is 1. The van der Waals surface area contributed by atoms with E-state index in [1.807, 2.05) is 41.3 Å². The smallest absolute Gasteiger partial charge is 0.256 e. The number of carbonyl (C=O) groups excluding carboxylic acids is 2. The Bertz CT molecular complexity index is 1050. The summed E-state index contributed by atoms with van der Waals surface area (Å²) in [4.78, 5) is 34.0. The molecule has 0 unspecified atom stereocenters. The maximum atomic E-state index is 13.2. The third kappa shape index (κ3) is 4.36. The maximum absolute atomic E-state index is 13.2. The fraction of sp³-hybridized carbons (Fsp3) is 0.174. The SMILES string of the molecule is O=C(Nc1ccccc1C(=O)N1CCN(c2ccncc2)CC1)c1ccccc1Br. The molecule has 4 rings (SSSR count). The molecule has 1 N–H and O–H groups in total. The summed E-state index contributed by atoms with van der Waals surface area (Å²) >= 11 is 3.40. The summed E-state index contributed by atoms with van der Waals surface area (Å²) in [5.41, 5.74) is 2.64. The van der Waals surface area contributed by atoms with Crippen LogP contribution in [0, 0.1) is 0 Å². The monoisotopic (exact) mass is 464 g/mol. The van der Waals surface area contributed by atoms with Crippen LogP contribution in [0.2, 0.25) is 0 Å². The Morgan fingerprint density at radius 1 is 0.833 bits per heavy atom. The number of hydrogen-bond donors (Lipinski definition) is 1. The van der Waals surface area contributed by atoms with Crippen LogP contribution in [0.5, 0.6) is 0 Å². The van der Waals surface area contributed by atoms with Gasteiger partial charge in [-0.15, -0.1) is 0 Å². The first-order valence-corrected chi connectivity index (χ1v) is 10.5. The lowest BCUT2D eigenvalue weighted by Gasteiger charge is -2.36. The number of para-hydroxylation sites is 1. The van der Waals surface area contributed by atoms with Gasteiger partial charge in [0.05, 0.1) is 16.8 Å². The molecule has 0 radical (unpaired) electrons. The van der Waals surface area contributed by atoms with Gasteiger partial charge >= 0.3 is 0 Å². The van der Waals surface area contributed by atoms with Gasteiger partial charge in [0.25, 0.3) is 11.8 Å². The van der Waals surface area contributed by atoms with E-state index in [9.17, 15) is 9.59 Å². The van der Waals surface area contributed by atoms with E-state index in [4.69, 9.17) is 0 Å². The minimum absolute atomic E-state index is 0.0765. The summed E-state index contributed by atoms with van der Waals surface area (Å²) in [7, 11) is 0. The number of halogens is 1. The van der Waals surface area contributed by atoms with Gasteiger partial charge in [0.15, 0.2) is 0 Å². The zero-order valence-corrected chi connectivity index (χ0v) is 17.9. The van der Waals surface area contributed by atoms with Crippen molar-refractivity contribution in [1.82, 2.24) is 9.88 Å². The van der Waals surface area contributed by atoms with Crippen molar-refractivity contribution in [3.8, 4) is 0 Å². The fourth-order valence-electron chi connectivity index (χ4n) is 3.51. The molecule has 1 aliphatic rings. The number of benzene rings is 2. The highest BCUT2D eigenvalue weighted by atomic mass is 79.9. The Labute approximate surface area is 183 Å². The number of aromatic nitrogens is 1. The molecule has 2 amide bonds. The van der Waals surface area contributed by atoms with Gasteiger partial charge in [0, 0.05) is 48.7 Å². The molecule has 0 saturated carbocycles. The van der Waals surface area contributed by atoms with Crippen molar-refractivity contribution in [1.29, 1.82) is 0 Å². The normalized spacial score (nSPS) is 13.8. The molecule has 0 spiro atoms. The number of amides is 2. The summed E-state index contributed by atoms with van der Waals surface area (Å²) in [6, 6.07) is 18.3. The average Bonchev–Trinajstić information content (AvgIpc) is 2.80. The van der Waals surface area contributed by atoms with Crippen LogP contribution in [0.1, 0.15) is 20.7 Å². The van der Waals surface area contributed by atoms with Gasteiger partial charge in [0.2, 0.25) is 0 Å². The predicted molar refractivity (Wildman–Crippen MR) is 121 cm³/mol. The van der Waals surface area contributed by atoms with Crippen molar-refractivity contribution in [3.63, 3.8) is 0 Å². The fourth-order valence-corrected chi connectivity index (χ4v) is 3.97.